The Morgan fingerprint density at radius 1 is 1.12 bits per heavy atom. The van der Waals surface area contributed by atoms with Crippen LogP contribution in [-0.4, -0.2) is 48.1 Å². The summed E-state index contributed by atoms with van der Waals surface area (Å²) in [6, 6.07) is 10.3. The lowest BCUT2D eigenvalue weighted by molar-refractivity contribution is 0.318. The fourth-order valence-corrected chi connectivity index (χ4v) is 5.11. The highest BCUT2D eigenvalue weighted by Gasteiger charge is 2.27. The van der Waals surface area contributed by atoms with E-state index in [4.69, 9.17) is 10.7 Å². The lowest BCUT2D eigenvalue weighted by atomic mass is 9.76. The van der Waals surface area contributed by atoms with E-state index in [9.17, 15) is 0 Å². The minimum atomic E-state index is 0.388. The number of nitrogens with zero attached hydrogens (tertiary/aromatic N) is 7. The van der Waals surface area contributed by atoms with Crippen LogP contribution in [0.15, 0.2) is 42.7 Å². The summed E-state index contributed by atoms with van der Waals surface area (Å²) in [5, 5.41) is 19.9. The third-order valence-electron chi connectivity index (χ3n) is 6.97. The highest BCUT2D eigenvalue weighted by atomic mass is 15.5. The Kier molecular flexibility index (Phi) is 4.78. The summed E-state index contributed by atoms with van der Waals surface area (Å²) in [6.45, 7) is 0. The second-order valence-corrected chi connectivity index (χ2v) is 8.99. The summed E-state index contributed by atoms with van der Waals surface area (Å²) in [7, 11) is 2.06. The number of nitrogen functional groups attached to an aromatic ring is 1. The number of tetrazole rings is 1. The van der Waals surface area contributed by atoms with E-state index < -0.39 is 0 Å². The van der Waals surface area contributed by atoms with Crippen LogP contribution in [0.2, 0.25) is 0 Å². The summed E-state index contributed by atoms with van der Waals surface area (Å²) in [4.78, 5) is 9.75. The molecule has 10 heteroatoms. The van der Waals surface area contributed by atoms with Crippen molar-refractivity contribution in [3.63, 3.8) is 0 Å². The Hall–Kier alpha value is -3.82. The number of nitrogens with one attached hydrogen (secondary N) is 1. The molecule has 0 atom stereocenters. The number of H-pyrrole nitrogens is 1. The number of anilines is 1. The van der Waals surface area contributed by atoms with Gasteiger partial charge in [-0.05, 0) is 59.6 Å². The van der Waals surface area contributed by atoms with Crippen molar-refractivity contribution in [2.75, 3.05) is 5.73 Å². The molecule has 0 radical (unpaired) electrons. The van der Waals surface area contributed by atoms with Gasteiger partial charge >= 0.3 is 0 Å². The molecule has 1 fully saturated rings. The van der Waals surface area contributed by atoms with Gasteiger partial charge in [-0.25, -0.2) is 10.1 Å². The van der Waals surface area contributed by atoms with Gasteiger partial charge in [0.25, 0.3) is 0 Å². The van der Waals surface area contributed by atoms with Crippen molar-refractivity contribution in [3.8, 4) is 11.1 Å². The Bertz CT molecular complexity index is 1440. The summed E-state index contributed by atoms with van der Waals surface area (Å²) < 4.78 is 1.76. The van der Waals surface area contributed by atoms with Crippen LogP contribution < -0.4 is 11.2 Å². The smallest absolute Gasteiger partial charge is 0.165 e. The Morgan fingerprint density at radius 2 is 1.97 bits per heavy atom. The van der Waals surface area contributed by atoms with Gasteiger partial charge < -0.3 is 5.73 Å². The Balaban J connectivity index is 1.33. The molecule has 33 heavy (non-hydrogen) atoms. The predicted molar refractivity (Wildman–Crippen MR) is 129 cm³/mol. The van der Waals surface area contributed by atoms with E-state index in [-0.39, 0.29) is 0 Å². The third kappa shape index (κ3) is 3.51. The van der Waals surface area contributed by atoms with Crippen molar-refractivity contribution in [1.29, 1.82) is 0 Å². The number of fused-ring (bicyclic) bond motifs is 2. The standard InChI is InChI=1S/C23H24BN9/c24-20-21(14-7-5-13(6-8-14)9-19-29-31-32-30-19)28-23-17(12-27-33(23)22(20)25)16-10-15-3-1-2-4-18(15)26-11-16/h1-4,10-14H,5-9,24-25H2,(H,29,30,31,32). The zero-order valence-electron chi connectivity index (χ0n) is 18.4. The van der Waals surface area contributed by atoms with Crippen LogP contribution >= 0.6 is 0 Å². The van der Waals surface area contributed by atoms with Gasteiger partial charge in [0.05, 0.1) is 11.7 Å². The molecule has 1 aromatic carbocycles. The molecule has 9 nitrogen and oxygen atoms in total. The number of pyridine rings is 1. The van der Waals surface area contributed by atoms with E-state index in [1.165, 1.54) is 0 Å². The van der Waals surface area contributed by atoms with E-state index in [0.717, 1.165) is 76.8 Å². The highest BCUT2D eigenvalue weighted by molar-refractivity contribution is 6.36. The second-order valence-electron chi connectivity index (χ2n) is 8.99. The third-order valence-corrected chi connectivity index (χ3v) is 6.97. The first kappa shape index (κ1) is 19.8. The first-order chi connectivity index (χ1) is 16.2. The maximum atomic E-state index is 6.54. The largest absolute Gasteiger partial charge is 0.384 e. The average Bonchev–Trinajstić information content (AvgIpc) is 3.52. The second kappa shape index (κ2) is 7.95. The molecular formula is C23H24BN9. The molecule has 1 aliphatic carbocycles. The number of hydrogen-bond donors (Lipinski definition) is 2. The van der Waals surface area contributed by atoms with E-state index in [2.05, 4.69) is 50.7 Å². The first-order valence-corrected chi connectivity index (χ1v) is 11.4. The van der Waals surface area contributed by atoms with Crippen LogP contribution in [0.3, 0.4) is 0 Å². The summed E-state index contributed by atoms with van der Waals surface area (Å²) in [5.41, 5.74) is 12.4. The van der Waals surface area contributed by atoms with Crippen molar-refractivity contribution in [2.24, 2.45) is 5.92 Å². The quantitative estimate of drug-likeness (QED) is 0.411. The molecule has 164 valence electrons. The molecule has 1 saturated carbocycles. The van der Waals surface area contributed by atoms with Gasteiger partial charge in [-0.1, -0.05) is 18.2 Å². The predicted octanol–water partition coefficient (Wildman–Crippen LogP) is 1.81. The zero-order chi connectivity index (χ0) is 22.4. The molecule has 1 aliphatic rings. The molecule has 0 unspecified atom stereocenters. The molecule has 0 spiro atoms. The molecule has 0 amide bonds. The molecule has 4 aromatic heterocycles. The average molecular weight is 437 g/mol. The van der Waals surface area contributed by atoms with Gasteiger partial charge in [0.2, 0.25) is 0 Å². The Labute approximate surface area is 191 Å². The fourth-order valence-electron chi connectivity index (χ4n) is 5.11. The van der Waals surface area contributed by atoms with Crippen LogP contribution in [0.5, 0.6) is 0 Å². The highest BCUT2D eigenvalue weighted by Crippen LogP contribution is 2.37. The summed E-state index contributed by atoms with van der Waals surface area (Å²) in [5.74, 6) is 2.50. The SMILES string of the molecule is Bc1c(C2CCC(Cc3nnn[nH]3)CC2)nc2c(-c3cnc4ccccc4c3)cnn2c1N. The number of aromatic amines is 1. The van der Waals surface area contributed by atoms with E-state index in [0.29, 0.717) is 17.7 Å². The van der Waals surface area contributed by atoms with Crippen LogP contribution in [-0.2, 0) is 6.42 Å². The minimum absolute atomic E-state index is 0.388. The fraction of sp³-hybridized carbons (Fsp3) is 0.304. The molecule has 3 N–H and O–H groups in total. The topological polar surface area (TPSA) is 124 Å². The number of nitrogens with two attached hydrogens (primary N) is 1. The van der Waals surface area contributed by atoms with Crippen molar-refractivity contribution in [3.05, 3.63) is 54.2 Å². The van der Waals surface area contributed by atoms with E-state index in [1.807, 2.05) is 30.6 Å². The number of rotatable bonds is 4. The van der Waals surface area contributed by atoms with Gasteiger partial charge in [-0.15, -0.1) is 5.10 Å². The molecule has 0 aliphatic heterocycles. The lowest BCUT2D eigenvalue weighted by Crippen LogP contribution is -2.27. The minimum Gasteiger partial charge on any atom is -0.384 e. The van der Waals surface area contributed by atoms with Gasteiger partial charge in [-0.2, -0.15) is 9.61 Å². The van der Waals surface area contributed by atoms with E-state index >= 15 is 0 Å². The van der Waals surface area contributed by atoms with Crippen LogP contribution in [0, 0.1) is 5.92 Å². The Morgan fingerprint density at radius 3 is 2.79 bits per heavy atom. The number of para-hydroxylation sites is 1. The van der Waals surface area contributed by atoms with Gasteiger partial charge in [-0.3, -0.25) is 4.98 Å². The molecule has 0 saturated heterocycles. The molecule has 0 bridgehead atoms. The van der Waals surface area contributed by atoms with Crippen molar-refractivity contribution in [2.45, 2.75) is 38.0 Å². The maximum absolute atomic E-state index is 6.54. The van der Waals surface area contributed by atoms with Gasteiger partial charge in [0, 0.05) is 40.7 Å². The molecule has 5 aromatic rings. The maximum Gasteiger partial charge on any atom is 0.165 e. The van der Waals surface area contributed by atoms with Crippen LogP contribution in [0.25, 0.3) is 27.7 Å². The van der Waals surface area contributed by atoms with Crippen molar-refractivity contribution < 1.29 is 0 Å². The molecule has 6 rings (SSSR count). The monoisotopic (exact) mass is 437 g/mol. The number of aromatic nitrogens is 8. The number of hydrogen-bond acceptors (Lipinski definition) is 7. The van der Waals surface area contributed by atoms with Gasteiger partial charge in [0.1, 0.15) is 19.5 Å². The molecular weight excluding hydrogens is 413 g/mol. The normalized spacial score (nSPS) is 18.8. The van der Waals surface area contributed by atoms with E-state index in [1.54, 1.807) is 4.52 Å². The number of benzene rings is 1. The van der Waals surface area contributed by atoms with Crippen molar-refractivity contribution >= 4 is 35.7 Å². The van der Waals surface area contributed by atoms with Crippen LogP contribution in [0.4, 0.5) is 5.82 Å². The first-order valence-electron chi connectivity index (χ1n) is 11.4. The van der Waals surface area contributed by atoms with Gasteiger partial charge in [0.15, 0.2) is 5.65 Å². The molecule has 4 heterocycles. The summed E-state index contributed by atoms with van der Waals surface area (Å²) >= 11 is 0. The zero-order valence-corrected chi connectivity index (χ0v) is 18.4. The lowest BCUT2D eigenvalue weighted by Gasteiger charge is -2.29. The van der Waals surface area contributed by atoms with Crippen molar-refractivity contribution in [1.82, 2.24) is 40.2 Å². The summed E-state index contributed by atoms with van der Waals surface area (Å²) in [6.07, 6.45) is 9.04. The van der Waals surface area contributed by atoms with Crippen LogP contribution in [0.1, 0.15) is 43.1 Å².